The van der Waals surface area contributed by atoms with E-state index in [4.69, 9.17) is 9.47 Å². The topological polar surface area (TPSA) is 18.5 Å². The predicted molar refractivity (Wildman–Crippen MR) is 32.8 cm³/mol. The molecule has 51 valence electrons. The monoisotopic (exact) mass is 127 g/mol. The molecule has 2 rings (SSSR count). The standard InChI is InChI=1S/C7H11O2/c1-2-6(8-4-1)7-3-5-9-7/h7H,1-5H2. The van der Waals surface area contributed by atoms with Crippen molar-refractivity contribution < 1.29 is 9.47 Å². The third-order valence-corrected chi connectivity index (χ3v) is 1.91. The third kappa shape index (κ3) is 0.970. The number of ether oxygens (including phenoxy) is 2. The van der Waals surface area contributed by atoms with Crippen molar-refractivity contribution >= 4 is 0 Å². The Morgan fingerprint density at radius 2 is 2.22 bits per heavy atom. The van der Waals surface area contributed by atoms with E-state index in [1.165, 1.54) is 18.9 Å². The Labute approximate surface area is 55.1 Å². The molecular formula is C7H11O2. The van der Waals surface area contributed by atoms with Crippen molar-refractivity contribution in [2.75, 3.05) is 13.2 Å². The normalized spacial score (nSPS) is 36.7. The minimum atomic E-state index is 0.368. The van der Waals surface area contributed by atoms with Gasteiger partial charge in [0.05, 0.1) is 6.10 Å². The summed E-state index contributed by atoms with van der Waals surface area (Å²) in [5.41, 5.74) is 0. The molecule has 9 heavy (non-hydrogen) atoms. The minimum absolute atomic E-state index is 0.368. The minimum Gasteiger partial charge on any atom is -0.375 e. The summed E-state index contributed by atoms with van der Waals surface area (Å²) in [7, 11) is 0. The maximum atomic E-state index is 5.35. The second-order valence-corrected chi connectivity index (χ2v) is 2.57. The highest BCUT2D eigenvalue weighted by Gasteiger charge is 2.32. The Balaban J connectivity index is 1.82. The number of hydrogen-bond acceptors (Lipinski definition) is 2. The van der Waals surface area contributed by atoms with Gasteiger partial charge in [0.15, 0.2) is 0 Å². The largest absolute Gasteiger partial charge is 0.375 e. The van der Waals surface area contributed by atoms with Crippen LogP contribution in [0.25, 0.3) is 0 Å². The average Bonchev–Trinajstić information content (AvgIpc) is 2.11. The van der Waals surface area contributed by atoms with Crippen LogP contribution >= 0.6 is 0 Å². The van der Waals surface area contributed by atoms with Gasteiger partial charge in [0, 0.05) is 13.2 Å². The molecule has 2 fully saturated rings. The second-order valence-electron chi connectivity index (χ2n) is 2.57. The molecule has 0 aliphatic carbocycles. The summed E-state index contributed by atoms with van der Waals surface area (Å²) >= 11 is 0. The van der Waals surface area contributed by atoms with Gasteiger partial charge in [-0.15, -0.1) is 0 Å². The smallest absolute Gasteiger partial charge is 0.126 e. The molecule has 0 bridgehead atoms. The lowest BCUT2D eigenvalue weighted by atomic mass is 10.0. The van der Waals surface area contributed by atoms with Gasteiger partial charge in [-0.05, 0) is 19.3 Å². The SMILES string of the molecule is C1CO[C](C2CCO2)C1. The summed E-state index contributed by atoms with van der Waals surface area (Å²) in [6, 6.07) is 0. The van der Waals surface area contributed by atoms with Crippen LogP contribution < -0.4 is 0 Å². The maximum absolute atomic E-state index is 5.35. The molecule has 0 saturated carbocycles. The molecular weight excluding hydrogens is 116 g/mol. The lowest BCUT2D eigenvalue weighted by molar-refractivity contribution is -0.0788. The van der Waals surface area contributed by atoms with E-state index in [0.29, 0.717) is 6.10 Å². The van der Waals surface area contributed by atoms with Crippen LogP contribution in [-0.2, 0) is 9.47 Å². The Hall–Kier alpha value is -0.0800. The predicted octanol–water partition coefficient (Wildman–Crippen LogP) is 1.12. The van der Waals surface area contributed by atoms with E-state index in [1.807, 2.05) is 0 Å². The van der Waals surface area contributed by atoms with Crippen molar-refractivity contribution in [2.24, 2.45) is 0 Å². The first-order valence-electron chi connectivity index (χ1n) is 3.57. The highest BCUT2D eigenvalue weighted by Crippen LogP contribution is 2.31. The Kier molecular flexibility index (Phi) is 1.44. The van der Waals surface area contributed by atoms with Crippen LogP contribution in [0.3, 0.4) is 0 Å². The molecule has 0 aromatic rings. The van der Waals surface area contributed by atoms with Crippen molar-refractivity contribution in [3.63, 3.8) is 0 Å². The summed E-state index contributed by atoms with van der Waals surface area (Å²) in [5, 5.41) is 0. The first-order valence-corrected chi connectivity index (χ1v) is 3.57. The van der Waals surface area contributed by atoms with Crippen molar-refractivity contribution in [3.05, 3.63) is 6.10 Å². The first-order chi connectivity index (χ1) is 4.47. The van der Waals surface area contributed by atoms with E-state index in [1.54, 1.807) is 0 Å². The zero-order valence-electron chi connectivity index (χ0n) is 5.43. The van der Waals surface area contributed by atoms with Gasteiger partial charge in [-0.25, -0.2) is 0 Å². The quantitative estimate of drug-likeness (QED) is 0.525. The van der Waals surface area contributed by atoms with Crippen LogP contribution in [-0.4, -0.2) is 19.3 Å². The molecule has 2 heterocycles. The van der Waals surface area contributed by atoms with Crippen molar-refractivity contribution in [3.8, 4) is 0 Å². The van der Waals surface area contributed by atoms with Crippen molar-refractivity contribution in [2.45, 2.75) is 25.4 Å². The lowest BCUT2D eigenvalue weighted by Crippen LogP contribution is -2.32. The maximum Gasteiger partial charge on any atom is 0.126 e. The number of hydrogen-bond donors (Lipinski definition) is 0. The van der Waals surface area contributed by atoms with Crippen LogP contribution in [0.4, 0.5) is 0 Å². The molecule has 2 aliphatic heterocycles. The van der Waals surface area contributed by atoms with Crippen molar-refractivity contribution in [1.82, 2.24) is 0 Å². The highest BCUT2D eigenvalue weighted by molar-refractivity contribution is 4.95. The fraction of sp³-hybridized carbons (Fsp3) is 0.857. The van der Waals surface area contributed by atoms with Gasteiger partial charge in [-0.1, -0.05) is 0 Å². The molecule has 2 heteroatoms. The van der Waals surface area contributed by atoms with Crippen LogP contribution in [0.1, 0.15) is 19.3 Å². The second kappa shape index (κ2) is 2.27. The molecule has 0 spiro atoms. The summed E-state index contributed by atoms with van der Waals surface area (Å²) in [4.78, 5) is 0. The molecule has 0 N–H and O–H groups in total. The van der Waals surface area contributed by atoms with Gasteiger partial charge < -0.3 is 9.47 Å². The molecule has 2 saturated heterocycles. The van der Waals surface area contributed by atoms with E-state index in [9.17, 15) is 0 Å². The zero-order chi connectivity index (χ0) is 6.10. The van der Waals surface area contributed by atoms with Gasteiger partial charge >= 0.3 is 0 Å². The van der Waals surface area contributed by atoms with Crippen LogP contribution in [0, 0.1) is 6.10 Å². The van der Waals surface area contributed by atoms with Crippen LogP contribution in [0.15, 0.2) is 0 Å². The van der Waals surface area contributed by atoms with Crippen LogP contribution in [0.2, 0.25) is 0 Å². The first kappa shape index (κ1) is 5.69. The molecule has 1 radical (unpaired) electrons. The fourth-order valence-electron chi connectivity index (χ4n) is 1.27. The third-order valence-electron chi connectivity index (χ3n) is 1.91. The fourth-order valence-corrected chi connectivity index (χ4v) is 1.27. The Morgan fingerprint density at radius 1 is 1.33 bits per heavy atom. The molecule has 0 amide bonds. The lowest BCUT2D eigenvalue weighted by Gasteiger charge is -2.29. The summed E-state index contributed by atoms with van der Waals surface area (Å²) < 4.78 is 10.6. The van der Waals surface area contributed by atoms with E-state index < -0.39 is 0 Å². The molecule has 0 aromatic carbocycles. The molecule has 2 aliphatic rings. The summed E-state index contributed by atoms with van der Waals surface area (Å²) in [6.45, 7) is 1.84. The number of rotatable bonds is 1. The zero-order valence-corrected chi connectivity index (χ0v) is 5.43. The highest BCUT2D eigenvalue weighted by atomic mass is 16.6. The van der Waals surface area contributed by atoms with Crippen molar-refractivity contribution in [1.29, 1.82) is 0 Å². The van der Waals surface area contributed by atoms with Gasteiger partial charge in [-0.3, -0.25) is 0 Å². The summed E-state index contributed by atoms with van der Waals surface area (Å²) in [6.07, 6.45) is 5.06. The molecule has 0 aromatic heterocycles. The summed E-state index contributed by atoms with van der Waals surface area (Å²) in [5.74, 6) is 0. The molecule has 2 nitrogen and oxygen atoms in total. The average molecular weight is 127 g/mol. The van der Waals surface area contributed by atoms with Gasteiger partial charge in [-0.2, -0.15) is 0 Å². The van der Waals surface area contributed by atoms with Gasteiger partial charge in [0.1, 0.15) is 6.10 Å². The van der Waals surface area contributed by atoms with E-state index in [-0.39, 0.29) is 0 Å². The van der Waals surface area contributed by atoms with E-state index in [2.05, 4.69) is 0 Å². The molecule has 1 unspecified atom stereocenters. The van der Waals surface area contributed by atoms with E-state index in [0.717, 1.165) is 19.6 Å². The van der Waals surface area contributed by atoms with E-state index >= 15 is 0 Å². The molecule has 1 atom stereocenters. The Bertz CT molecular complexity index is 93.1. The van der Waals surface area contributed by atoms with Gasteiger partial charge in [0.2, 0.25) is 0 Å². The Morgan fingerprint density at radius 3 is 2.67 bits per heavy atom. The van der Waals surface area contributed by atoms with Gasteiger partial charge in [0.25, 0.3) is 0 Å². The van der Waals surface area contributed by atoms with Crippen LogP contribution in [0.5, 0.6) is 0 Å².